The van der Waals surface area contributed by atoms with Crippen molar-refractivity contribution in [1.29, 1.82) is 0 Å². The largest absolute Gasteiger partial charge is 0.493 e. The zero-order valence-corrected chi connectivity index (χ0v) is 20.3. The second-order valence-corrected chi connectivity index (χ2v) is 8.99. The zero-order chi connectivity index (χ0) is 25.8. The lowest BCUT2D eigenvalue weighted by Crippen LogP contribution is -2.28. The van der Waals surface area contributed by atoms with Crippen LogP contribution >= 0.6 is 23.4 Å². The lowest BCUT2D eigenvalue weighted by atomic mass is 10.1. The Bertz CT molecular complexity index is 1360. The van der Waals surface area contributed by atoms with Crippen molar-refractivity contribution in [2.45, 2.75) is 13.2 Å². The van der Waals surface area contributed by atoms with Gasteiger partial charge in [0.2, 0.25) is 0 Å². The van der Waals surface area contributed by atoms with Gasteiger partial charge in [0.05, 0.1) is 23.5 Å². The summed E-state index contributed by atoms with van der Waals surface area (Å²) in [5.74, 6) is -0.334. The van der Waals surface area contributed by atoms with Crippen LogP contribution in [0.2, 0.25) is 5.02 Å². The van der Waals surface area contributed by atoms with Gasteiger partial charge in [-0.1, -0.05) is 23.7 Å². The van der Waals surface area contributed by atoms with Crippen molar-refractivity contribution < 1.29 is 28.4 Å². The first kappa shape index (κ1) is 25.2. The van der Waals surface area contributed by atoms with Crippen LogP contribution in [0, 0.1) is 15.9 Å². The molecular formula is C25H18ClFN2O6S. The highest BCUT2D eigenvalue weighted by atomic mass is 35.5. The number of nitro benzene ring substituents is 1. The lowest BCUT2D eigenvalue weighted by molar-refractivity contribution is -0.384. The minimum absolute atomic E-state index is 0.0119. The smallest absolute Gasteiger partial charge is 0.293 e. The molecule has 1 heterocycles. The Morgan fingerprint density at radius 1 is 1.11 bits per heavy atom. The maximum atomic E-state index is 14.1. The van der Waals surface area contributed by atoms with Crippen molar-refractivity contribution in [2.75, 3.05) is 7.11 Å². The molecule has 1 fully saturated rings. The van der Waals surface area contributed by atoms with Gasteiger partial charge >= 0.3 is 0 Å². The van der Waals surface area contributed by atoms with Crippen LogP contribution in [0.1, 0.15) is 16.7 Å². The average Bonchev–Trinajstić information content (AvgIpc) is 3.12. The van der Waals surface area contributed by atoms with E-state index < -0.39 is 21.9 Å². The Kier molecular flexibility index (Phi) is 7.56. The van der Waals surface area contributed by atoms with Crippen LogP contribution < -0.4 is 9.47 Å². The molecule has 3 aromatic carbocycles. The number of imide groups is 1. The third kappa shape index (κ3) is 5.50. The van der Waals surface area contributed by atoms with E-state index in [0.29, 0.717) is 17.1 Å². The third-order valence-electron chi connectivity index (χ3n) is 5.28. The highest BCUT2D eigenvalue weighted by Crippen LogP contribution is 2.36. The predicted octanol–water partition coefficient (Wildman–Crippen LogP) is 6.21. The topological polar surface area (TPSA) is 99.0 Å². The number of ether oxygens (including phenoxy) is 2. The number of amides is 2. The minimum Gasteiger partial charge on any atom is -0.493 e. The number of nitrogens with zero attached hydrogens (tertiary/aromatic N) is 2. The van der Waals surface area contributed by atoms with E-state index in [1.165, 1.54) is 43.5 Å². The highest BCUT2D eigenvalue weighted by Gasteiger charge is 2.36. The normalized spacial score (nSPS) is 14.4. The number of carbonyl (C=O) groups excluding carboxylic acids is 2. The van der Waals surface area contributed by atoms with Gasteiger partial charge in [-0.05, 0) is 65.4 Å². The van der Waals surface area contributed by atoms with Crippen molar-refractivity contribution in [3.63, 3.8) is 0 Å². The van der Waals surface area contributed by atoms with E-state index in [9.17, 15) is 24.1 Å². The van der Waals surface area contributed by atoms with Crippen LogP contribution in [0.15, 0.2) is 65.6 Å². The molecular weight excluding hydrogens is 511 g/mol. The van der Waals surface area contributed by atoms with Crippen LogP contribution in [0.4, 0.5) is 14.9 Å². The first-order valence-electron chi connectivity index (χ1n) is 10.5. The molecule has 0 radical (unpaired) electrons. The minimum atomic E-state index is -0.598. The molecule has 3 aromatic rings. The van der Waals surface area contributed by atoms with Gasteiger partial charge in [0, 0.05) is 22.7 Å². The maximum Gasteiger partial charge on any atom is 0.293 e. The van der Waals surface area contributed by atoms with Gasteiger partial charge in [-0.2, -0.15) is 0 Å². The highest BCUT2D eigenvalue weighted by molar-refractivity contribution is 8.18. The summed E-state index contributed by atoms with van der Waals surface area (Å²) in [4.78, 5) is 36.7. The monoisotopic (exact) mass is 528 g/mol. The molecule has 0 aliphatic carbocycles. The Morgan fingerprint density at radius 2 is 1.86 bits per heavy atom. The van der Waals surface area contributed by atoms with Crippen LogP contribution in [0.5, 0.6) is 11.5 Å². The van der Waals surface area contributed by atoms with E-state index in [1.54, 1.807) is 30.3 Å². The molecule has 1 saturated heterocycles. The second kappa shape index (κ2) is 10.8. The number of methoxy groups -OCH3 is 1. The van der Waals surface area contributed by atoms with Gasteiger partial charge in [0.1, 0.15) is 12.4 Å². The summed E-state index contributed by atoms with van der Waals surface area (Å²) in [5, 5.41) is 10.4. The van der Waals surface area contributed by atoms with Crippen LogP contribution in [-0.4, -0.2) is 28.1 Å². The van der Waals surface area contributed by atoms with Crippen molar-refractivity contribution >= 4 is 46.3 Å². The number of halogens is 2. The van der Waals surface area contributed by atoms with Gasteiger partial charge in [0.25, 0.3) is 16.8 Å². The molecule has 0 bridgehead atoms. The number of carbonyl (C=O) groups is 2. The second-order valence-electron chi connectivity index (χ2n) is 7.59. The van der Waals surface area contributed by atoms with Gasteiger partial charge < -0.3 is 9.47 Å². The first-order chi connectivity index (χ1) is 17.3. The molecule has 11 heteroatoms. The van der Waals surface area contributed by atoms with E-state index in [-0.39, 0.29) is 34.3 Å². The number of rotatable bonds is 8. The number of thioether (sulfide) groups is 1. The summed E-state index contributed by atoms with van der Waals surface area (Å²) in [6.07, 6.45) is 1.54. The molecule has 36 heavy (non-hydrogen) atoms. The molecule has 184 valence electrons. The number of nitro groups is 1. The molecule has 0 spiro atoms. The Labute approximate surface area is 214 Å². The van der Waals surface area contributed by atoms with Crippen molar-refractivity contribution in [1.82, 2.24) is 4.90 Å². The molecule has 0 aromatic heterocycles. The molecule has 2 amide bonds. The number of benzene rings is 3. The Hall–Kier alpha value is -3.89. The Balaban J connectivity index is 1.48. The molecule has 1 aliphatic rings. The number of non-ortho nitro benzene ring substituents is 1. The summed E-state index contributed by atoms with van der Waals surface area (Å²) in [6.45, 7) is -0.114. The molecule has 0 saturated carbocycles. The van der Waals surface area contributed by atoms with Gasteiger partial charge in [0.15, 0.2) is 11.5 Å². The van der Waals surface area contributed by atoms with Crippen molar-refractivity contribution in [3.05, 3.63) is 103 Å². The molecule has 0 atom stereocenters. The van der Waals surface area contributed by atoms with E-state index in [2.05, 4.69) is 0 Å². The maximum absolute atomic E-state index is 14.1. The van der Waals surface area contributed by atoms with E-state index in [0.717, 1.165) is 22.2 Å². The number of hydrogen-bond donors (Lipinski definition) is 0. The average molecular weight is 529 g/mol. The summed E-state index contributed by atoms with van der Waals surface area (Å²) in [5.41, 5.74) is 1.38. The van der Waals surface area contributed by atoms with Crippen LogP contribution in [-0.2, 0) is 17.9 Å². The zero-order valence-electron chi connectivity index (χ0n) is 18.8. The fraction of sp³-hybridized carbons (Fsp3) is 0.120. The summed E-state index contributed by atoms with van der Waals surface area (Å²) < 4.78 is 25.3. The van der Waals surface area contributed by atoms with E-state index >= 15 is 0 Å². The molecule has 0 unspecified atom stereocenters. The van der Waals surface area contributed by atoms with Gasteiger partial charge in [-0.3, -0.25) is 24.6 Å². The lowest BCUT2D eigenvalue weighted by Gasteiger charge is -2.14. The summed E-state index contributed by atoms with van der Waals surface area (Å²) in [6, 6.07) is 15.1. The van der Waals surface area contributed by atoms with Gasteiger partial charge in [-0.15, -0.1) is 0 Å². The van der Waals surface area contributed by atoms with Gasteiger partial charge in [-0.25, -0.2) is 4.39 Å². The Morgan fingerprint density at radius 3 is 2.53 bits per heavy atom. The fourth-order valence-corrected chi connectivity index (χ4v) is 4.46. The summed E-state index contributed by atoms with van der Waals surface area (Å²) >= 11 is 6.79. The van der Waals surface area contributed by atoms with Crippen LogP contribution in [0.3, 0.4) is 0 Å². The van der Waals surface area contributed by atoms with E-state index in [1.807, 2.05) is 0 Å². The molecule has 8 nitrogen and oxygen atoms in total. The number of hydrogen-bond acceptors (Lipinski definition) is 7. The third-order valence-corrected chi connectivity index (χ3v) is 6.54. The molecule has 4 rings (SSSR count). The SMILES string of the molecule is COc1cc(/C=C2/SC(=O)N(Cc3c(F)cccc3Cl)C2=O)ccc1OCc1ccc([N+](=O)[O-])cc1. The van der Waals surface area contributed by atoms with Crippen molar-refractivity contribution in [3.8, 4) is 11.5 Å². The van der Waals surface area contributed by atoms with E-state index in [4.69, 9.17) is 21.1 Å². The quantitative estimate of drug-likeness (QED) is 0.195. The predicted molar refractivity (Wildman–Crippen MR) is 133 cm³/mol. The summed E-state index contributed by atoms with van der Waals surface area (Å²) in [7, 11) is 1.46. The fourth-order valence-electron chi connectivity index (χ4n) is 3.40. The first-order valence-corrected chi connectivity index (χ1v) is 11.7. The standard InChI is InChI=1S/C25H18ClFN2O6S/c1-34-22-11-16(7-10-21(22)35-14-15-5-8-17(9-6-15)29(32)33)12-23-24(30)28(25(31)36-23)13-18-19(26)3-2-4-20(18)27/h2-12H,13-14H2,1H3/b23-12+. The van der Waals surface area contributed by atoms with Crippen LogP contribution in [0.25, 0.3) is 6.08 Å². The molecule has 1 aliphatic heterocycles. The van der Waals surface area contributed by atoms with Crippen molar-refractivity contribution in [2.24, 2.45) is 0 Å². The molecule has 0 N–H and O–H groups in total.